The first-order chi connectivity index (χ1) is 36.8. The van der Waals surface area contributed by atoms with Crippen LogP contribution in [0.15, 0.2) is 72.3 Å². The lowest BCUT2D eigenvalue weighted by molar-refractivity contribution is -0.902. The van der Waals surface area contributed by atoms with Gasteiger partial charge in [-0.1, -0.05) is 94.0 Å². The molecule has 1 amide bonds. The van der Waals surface area contributed by atoms with Crippen molar-refractivity contribution >= 4 is 25.5 Å². The number of alkyl carbamates (subject to hydrolysis) is 1. The molecule has 5 aliphatic carbocycles. The summed E-state index contributed by atoms with van der Waals surface area (Å²) >= 11 is 0. The second-order valence-electron chi connectivity index (χ2n) is 23.9. The molecule has 1 saturated heterocycles. The Morgan fingerprint density at radius 2 is 1.70 bits per heavy atom. The van der Waals surface area contributed by atoms with E-state index in [4.69, 9.17) is 23.7 Å². The first kappa shape index (κ1) is 59.3. The van der Waals surface area contributed by atoms with Crippen LogP contribution in [0.2, 0.25) is 0 Å². The van der Waals surface area contributed by atoms with E-state index in [0.29, 0.717) is 53.8 Å². The summed E-state index contributed by atoms with van der Waals surface area (Å²) in [6.07, 6.45) is 16.8. The van der Waals surface area contributed by atoms with Gasteiger partial charge in [0.25, 0.3) is 0 Å². The number of phosphoric ester groups is 1. The van der Waals surface area contributed by atoms with E-state index in [-0.39, 0.29) is 41.8 Å². The van der Waals surface area contributed by atoms with Crippen molar-refractivity contribution in [3.05, 3.63) is 89.0 Å². The summed E-state index contributed by atoms with van der Waals surface area (Å²) in [5, 5.41) is 29.6. The summed E-state index contributed by atoms with van der Waals surface area (Å²) in [7, 11) is -0.904. The van der Waals surface area contributed by atoms with Crippen molar-refractivity contribution in [3.63, 3.8) is 0 Å². The van der Waals surface area contributed by atoms with Gasteiger partial charge < -0.3 is 58.8 Å². The molecule has 426 valence electrons. The molecule has 5 fully saturated rings. The van der Waals surface area contributed by atoms with E-state index in [1.165, 1.54) is 5.56 Å². The molecular weight excluding hydrogens is 1010 g/mol. The van der Waals surface area contributed by atoms with Gasteiger partial charge >= 0.3 is 13.9 Å². The number of unbranched alkanes of at least 4 members (excludes halogenated alkanes) is 4. The minimum atomic E-state index is -4.80. The SMILES string of the molecule is C[C@]12C=CC(=O)C=C1CC[C@@H]1[C@@H]2[C@@H](O)C[C@@]2(C)[C@H]1C[C@H]1O[C@@H](C3CCCCC3)O[C@]12C(=O)COC(=O)NCC[N+](C)(C)Cc1cc(C(O)CNCCCCCCOCCCCc2ccccc2)ccc1OCOP(=O)(O)O. The van der Waals surface area contributed by atoms with Crippen LogP contribution in [0.3, 0.4) is 0 Å². The van der Waals surface area contributed by atoms with E-state index < -0.39 is 68.3 Å². The van der Waals surface area contributed by atoms with Gasteiger partial charge in [-0.3, -0.25) is 9.59 Å². The minimum Gasteiger partial charge on any atom is -0.466 e. The zero-order valence-electron chi connectivity index (χ0n) is 45.9. The molecule has 10 atom stereocenters. The number of fused-ring (bicyclic) bond motifs is 7. The van der Waals surface area contributed by atoms with Crippen LogP contribution in [-0.2, 0) is 50.6 Å². The van der Waals surface area contributed by atoms with Crippen molar-refractivity contribution in [1.82, 2.24) is 10.6 Å². The monoisotopic (exact) mass is 1090 g/mol. The molecule has 0 bridgehead atoms. The predicted octanol–water partition coefficient (Wildman–Crippen LogP) is 8.18. The van der Waals surface area contributed by atoms with Gasteiger partial charge in [-0.05, 0) is 124 Å². The lowest BCUT2D eigenvalue weighted by atomic mass is 9.46. The number of phosphoric acid groups is 1. The van der Waals surface area contributed by atoms with Crippen molar-refractivity contribution in [2.24, 2.45) is 34.5 Å². The fraction of sp³-hybridized carbons (Fsp3) is 0.678. The standard InChI is InChI=1S/C59H86N3O14P/c1-57-27-26-46(63)34-45(57)23-24-47-48-35-53-59(58(48,2)36-49(64)54(47)57,76-55(75-53)42-20-11-8-12-21-42)52(66)39-72-56(67)61-29-30-62(3,4)38-44-33-43(22-25-51(44)73-40-74-77(68,69)70)50(65)37-60-28-14-5-6-15-31-71-32-16-13-19-41-17-9-7-10-18-41/h7,9-10,17-18,22,25-27,33-34,42,47-50,53-55,60,64-65H,5-6,8,11-16,19-21,23-24,28-32,35-40H2,1-4H3,(H2-,61,67,68,69,70)/p+1/t47-,48-,49-,50?,53+,54+,55+,57-,58-,59+/m0/s1. The number of nitrogens with zero attached hydrogens (tertiary/aromatic N) is 1. The lowest BCUT2D eigenvalue weighted by Crippen LogP contribution is -2.64. The summed E-state index contributed by atoms with van der Waals surface area (Å²) in [6, 6.07) is 15.7. The summed E-state index contributed by atoms with van der Waals surface area (Å²) < 4.78 is 47.5. The van der Waals surface area contributed by atoms with Gasteiger partial charge in [0.2, 0.25) is 5.78 Å². The second-order valence-corrected chi connectivity index (χ2v) is 25.1. The molecule has 0 spiro atoms. The number of benzene rings is 2. The number of hydrogen-bond donors (Lipinski definition) is 6. The van der Waals surface area contributed by atoms with Crippen LogP contribution in [0.25, 0.3) is 0 Å². The predicted molar refractivity (Wildman–Crippen MR) is 289 cm³/mol. The third-order valence-electron chi connectivity index (χ3n) is 18.1. The Hall–Kier alpha value is -3.84. The molecule has 1 unspecified atom stereocenters. The first-order valence-corrected chi connectivity index (χ1v) is 30.0. The van der Waals surface area contributed by atoms with E-state index in [1.54, 1.807) is 24.3 Å². The van der Waals surface area contributed by atoms with Gasteiger partial charge in [0, 0.05) is 48.0 Å². The molecule has 1 aliphatic heterocycles. The van der Waals surface area contributed by atoms with E-state index in [0.717, 1.165) is 115 Å². The fourth-order valence-electron chi connectivity index (χ4n) is 14.2. The third kappa shape index (κ3) is 14.4. The molecule has 1 heterocycles. The highest BCUT2D eigenvalue weighted by atomic mass is 31.2. The van der Waals surface area contributed by atoms with Gasteiger partial charge in [-0.25, -0.2) is 13.9 Å². The van der Waals surface area contributed by atoms with Gasteiger partial charge in [-0.15, -0.1) is 0 Å². The van der Waals surface area contributed by atoms with Crippen molar-refractivity contribution < 1.29 is 71.6 Å². The van der Waals surface area contributed by atoms with E-state index in [2.05, 4.69) is 53.3 Å². The fourth-order valence-corrected chi connectivity index (χ4v) is 14.4. The quantitative estimate of drug-likeness (QED) is 0.0204. The Balaban J connectivity index is 0.820. The van der Waals surface area contributed by atoms with Crippen LogP contribution >= 0.6 is 7.82 Å². The first-order valence-electron chi connectivity index (χ1n) is 28.5. The number of nitrogens with one attached hydrogen (secondary N) is 2. The number of carbonyl (C=O) groups is 3. The topological polar surface area (TPSA) is 229 Å². The Kier molecular flexibility index (Phi) is 20.2. The third-order valence-corrected chi connectivity index (χ3v) is 18.5. The number of aryl methyl sites for hydroxylation is 1. The van der Waals surface area contributed by atoms with E-state index >= 15 is 0 Å². The molecular formula is C59H87N3O14P+. The highest BCUT2D eigenvalue weighted by Gasteiger charge is 2.76. The number of amides is 1. The number of ketones is 2. The van der Waals surface area contributed by atoms with Crippen LogP contribution < -0.4 is 15.4 Å². The number of quaternary nitrogens is 1. The van der Waals surface area contributed by atoms with Crippen LogP contribution in [-0.4, -0.2) is 133 Å². The molecule has 4 saturated carbocycles. The van der Waals surface area contributed by atoms with Crippen LogP contribution in [0, 0.1) is 34.5 Å². The molecule has 18 heteroatoms. The van der Waals surface area contributed by atoms with Gasteiger partial charge in [0.15, 0.2) is 31.1 Å². The normalized spacial score (nSPS) is 29.5. The summed E-state index contributed by atoms with van der Waals surface area (Å²) in [5.41, 5.74) is 0.997. The lowest BCUT2D eigenvalue weighted by Gasteiger charge is -2.59. The van der Waals surface area contributed by atoms with E-state index in [9.17, 15) is 38.9 Å². The summed E-state index contributed by atoms with van der Waals surface area (Å²) in [6.45, 7) is 6.51. The minimum absolute atomic E-state index is 0.0110. The van der Waals surface area contributed by atoms with Crippen LogP contribution in [0.1, 0.15) is 133 Å². The highest BCUT2D eigenvalue weighted by Crippen LogP contribution is 2.70. The zero-order chi connectivity index (χ0) is 54.9. The smallest absolute Gasteiger partial charge is 0.466 e. The largest absolute Gasteiger partial charge is 0.472 e. The number of aliphatic hydroxyl groups is 2. The van der Waals surface area contributed by atoms with Crippen molar-refractivity contribution in [2.75, 3.05) is 66.9 Å². The molecule has 2 aromatic carbocycles. The van der Waals surface area contributed by atoms with Gasteiger partial charge in [0.05, 0.1) is 45.5 Å². The Morgan fingerprint density at radius 3 is 2.47 bits per heavy atom. The molecule has 2 aromatic rings. The molecule has 6 aliphatic rings. The van der Waals surface area contributed by atoms with Crippen molar-refractivity contribution in [3.8, 4) is 5.75 Å². The summed E-state index contributed by atoms with van der Waals surface area (Å²) in [4.78, 5) is 59.4. The number of carbonyl (C=O) groups excluding carboxylic acids is 3. The average molecular weight is 1090 g/mol. The van der Waals surface area contributed by atoms with Crippen LogP contribution in [0.4, 0.5) is 4.79 Å². The van der Waals surface area contributed by atoms with E-state index in [1.807, 2.05) is 32.3 Å². The average Bonchev–Trinajstić information content (AvgIpc) is 3.94. The Morgan fingerprint density at radius 1 is 0.948 bits per heavy atom. The molecule has 0 radical (unpaired) electrons. The number of allylic oxidation sites excluding steroid dienone is 4. The highest BCUT2D eigenvalue weighted by molar-refractivity contribution is 7.46. The van der Waals surface area contributed by atoms with Crippen molar-refractivity contribution in [1.29, 1.82) is 0 Å². The number of aliphatic hydroxyl groups excluding tert-OH is 2. The Labute approximate surface area is 455 Å². The number of ether oxygens (including phenoxy) is 5. The van der Waals surface area contributed by atoms with Crippen molar-refractivity contribution in [2.45, 2.75) is 153 Å². The molecule has 8 rings (SSSR count). The Bertz CT molecular complexity index is 2430. The number of hydrogen-bond acceptors (Lipinski definition) is 13. The summed E-state index contributed by atoms with van der Waals surface area (Å²) in [5.74, 6) is -0.0159. The molecule has 0 aromatic heterocycles. The number of Topliss-reactive ketones (excluding diaryl/α,β-unsaturated/α-hetero) is 1. The number of likely N-dealkylation sites (N-methyl/N-ethyl adjacent to an activating group) is 1. The number of rotatable bonds is 28. The van der Waals surface area contributed by atoms with Crippen LogP contribution in [0.5, 0.6) is 5.75 Å². The maximum Gasteiger partial charge on any atom is 0.472 e. The van der Waals surface area contributed by atoms with Gasteiger partial charge in [0.1, 0.15) is 12.3 Å². The molecule has 6 N–H and O–H groups in total. The molecule has 77 heavy (non-hydrogen) atoms. The zero-order valence-corrected chi connectivity index (χ0v) is 46.8. The second kappa shape index (κ2) is 26.2. The maximum absolute atomic E-state index is 15.0. The maximum atomic E-state index is 15.0. The van der Waals surface area contributed by atoms with Gasteiger partial charge in [-0.2, -0.15) is 0 Å². The molecule has 17 nitrogen and oxygen atoms in total.